The molecule has 3 aromatic rings. The van der Waals surface area contributed by atoms with Gasteiger partial charge in [-0.2, -0.15) is 0 Å². The molecule has 0 fully saturated rings. The van der Waals surface area contributed by atoms with E-state index in [9.17, 15) is 4.39 Å². The predicted molar refractivity (Wildman–Crippen MR) is 82.2 cm³/mol. The smallest absolute Gasteiger partial charge is 0.123 e. The van der Waals surface area contributed by atoms with Crippen LogP contribution in [-0.4, -0.2) is 4.98 Å². The van der Waals surface area contributed by atoms with E-state index in [2.05, 4.69) is 17.1 Å². The highest BCUT2D eigenvalue weighted by atomic mass is 32.2. The average Bonchev–Trinajstić information content (AvgIpc) is 2.87. The maximum Gasteiger partial charge on any atom is 0.123 e. The molecule has 0 saturated carbocycles. The first-order valence-corrected chi connectivity index (χ1v) is 7.42. The minimum absolute atomic E-state index is 0.222. The number of fused-ring (bicyclic) bond motifs is 1. The molecule has 0 bridgehead atoms. The molecule has 4 heteroatoms. The van der Waals surface area contributed by atoms with Crippen LogP contribution in [0.4, 0.5) is 4.39 Å². The van der Waals surface area contributed by atoms with Crippen LogP contribution in [0.15, 0.2) is 53.6 Å². The first kappa shape index (κ1) is 13.2. The predicted octanol–water partition coefficient (Wildman–Crippen LogP) is 4.06. The molecule has 1 heterocycles. The largest absolute Gasteiger partial charge is 0.350 e. The van der Waals surface area contributed by atoms with Crippen molar-refractivity contribution >= 4 is 22.7 Å². The molecule has 20 heavy (non-hydrogen) atoms. The van der Waals surface area contributed by atoms with Crippen LogP contribution in [-0.2, 0) is 12.3 Å². The normalized spacial score (nSPS) is 11.1. The Kier molecular flexibility index (Phi) is 3.76. The number of rotatable bonds is 4. The second-order valence-electron chi connectivity index (χ2n) is 4.68. The van der Waals surface area contributed by atoms with Gasteiger partial charge in [0.1, 0.15) is 5.82 Å². The summed E-state index contributed by atoms with van der Waals surface area (Å²) in [5, 5.41) is 2.28. The van der Waals surface area contributed by atoms with Crippen molar-refractivity contribution in [3.05, 3.63) is 65.5 Å². The number of hydrogen-bond acceptors (Lipinski definition) is 2. The number of thioether (sulfide) groups is 1. The Morgan fingerprint density at radius 2 is 1.85 bits per heavy atom. The zero-order valence-corrected chi connectivity index (χ0v) is 11.7. The minimum atomic E-state index is -0.222. The van der Waals surface area contributed by atoms with Gasteiger partial charge in [0, 0.05) is 23.2 Å². The Morgan fingerprint density at radius 1 is 1.05 bits per heavy atom. The van der Waals surface area contributed by atoms with Crippen molar-refractivity contribution in [1.82, 2.24) is 4.98 Å². The third-order valence-electron chi connectivity index (χ3n) is 3.15. The minimum Gasteiger partial charge on any atom is -0.350 e. The number of halogens is 1. The molecule has 3 rings (SSSR count). The Bertz CT molecular complexity index is 703. The fourth-order valence-corrected chi connectivity index (χ4v) is 3.09. The first-order valence-electron chi connectivity index (χ1n) is 6.43. The van der Waals surface area contributed by atoms with E-state index in [0.29, 0.717) is 6.54 Å². The second kappa shape index (κ2) is 5.69. The number of hydrogen-bond donors (Lipinski definition) is 2. The van der Waals surface area contributed by atoms with Crippen molar-refractivity contribution in [3.8, 4) is 0 Å². The molecule has 0 aliphatic heterocycles. The number of aromatic amines is 1. The highest BCUT2D eigenvalue weighted by molar-refractivity contribution is 7.98. The standard InChI is InChI=1S/C16H15FN2S/c17-14-6-11(9-18)5-12(7-14)10-20-16-8-13-3-1-2-4-15(13)19-16/h1-8,19H,9-10,18H2. The summed E-state index contributed by atoms with van der Waals surface area (Å²) in [6.07, 6.45) is 0. The zero-order valence-electron chi connectivity index (χ0n) is 10.9. The van der Waals surface area contributed by atoms with E-state index < -0.39 is 0 Å². The highest BCUT2D eigenvalue weighted by Crippen LogP contribution is 2.26. The fraction of sp³-hybridized carbons (Fsp3) is 0.125. The maximum absolute atomic E-state index is 13.4. The highest BCUT2D eigenvalue weighted by Gasteiger charge is 2.04. The van der Waals surface area contributed by atoms with Gasteiger partial charge < -0.3 is 10.7 Å². The van der Waals surface area contributed by atoms with Gasteiger partial charge in [0.15, 0.2) is 0 Å². The van der Waals surface area contributed by atoms with E-state index in [-0.39, 0.29) is 5.82 Å². The van der Waals surface area contributed by atoms with Crippen molar-refractivity contribution in [3.63, 3.8) is 0 Å². The van der Waals surface area contributed by atoms with Crippen LogP contribution in [0.1, 0.15) is 11.1 Å². The molecule has 0 atom stereocenters. The maximum atomic E-state index is 13.4. The lowest BCUT2D eigenvalue weighted by molar-refractivity contribution is 0.624. The van der Waals surface area contributed by atoms with E-state index in [1.807, 2.05) is 24.3 Å². The van der Waals surface area contributed by atoms with Crippen LogP contribution in [0.25, 0.3) is 10.9 Å². The fourth-order valence-electron chi connectivity index (χ4n) is 2.20. The van der Waals surface area contributed by atoms with Crippen LogP contribution in [0.5, 0.6) is 0 Å². The van der Waals surface area contributed by atoms with Crippen molar-refractivity contribution in [2.45, 2.75) is 17.3 Å². The molecule has 0 radical (unpaired) electrons. The summed E-state index contributed by atoms with van der Waals surface area (Å²) >= 11 is 1.66. The number of nitrogens with one attached hydrogen (secondary N) is 1. The summed E-state index contributed by atoms with van der Waals surface area (Å²) in [6, 6.07) is 15.3. The SMILES string of the molecule is NCc1cc(F)cc(CSc2cc3ccccc3[nH]2)c1. The van der Waals surface area contributed by atoms with Crippen LogP contribution in [0, 0.1) is 5.82 Å². The van der Waals surface area contributed by atoms with Crippen molar-refractivity contribution < 1.29 is 4.39 Å². The van der Waals surface area contributed by atoms with E-state index in [1.165, 1.54) is 11.5 Å². The number of para-hydroxylation sites is 1. The quantitative estimate of drug-likeness (QED) is 0.710. The first-order chi connectivity index (χ1) is 9.74. The molecule has 0 spiro atoms. The number of H-pyrrole nitrogens is 1. The summed E-state index contributed by atoms with van der Waals surface area (Å²) in [4.78, 5) is 3.35. The van der Waals surface area contributed by atoms with Crippen molar-refractivity contribution in [1.29, 1.82) is 0 Å². The van der Waals surface area contributed by atoms with Gasteiger partial charge in [-0.1, -0.05) is 24.3 Å². The lowest BCUT2D eigenvalue weighted by Crippen LogP contribution is -1.98. The van der Waals surface area contributed by atoms with E-state index in [4.69, 9.17) is 5.73 Å². The molecule has 0 aliphatic rings. The molecular weight excluding hydrogens is 271 g/mol. The third kappa shape index (κ3) is 2.86. The van der Waals surface area contributed by atoms with E-state index >= 15 is 0 Å². The average molecular weight is 286 g/mol. The molecular formula is C16H15FN2S. The lowest BCUT2D eigenvalue weighted by Gasteiger charge is -2.04. The van der Waals surface area contributed by atoms with Crippen LogP contribution >= 0.6 is 11.8 Å². The van der Waals surface area contributed by atoms with Gasteiger partial charge in [0.25, 0.3) is 0 Å². The summed E-state index contributed by atoms with van der Waals surface area (Å²) in [7, 11) is 0. The Hall–Kier alpha value is -1.78. The molecule has 1 aromatic heterocycles. The van der Waals surface area contributed by atoms with Crippen LogP contribution < -0.4 is 5.73 Å². The lowest BCUT2D eigenvalue weighted by atomic mass is 10.1. The molecule has 0 unspecified atom stereocenters. The summed E-state index contributed by atoms with van der Waals surface area (Å²) in [5.41, 5.74) is 8.47. The van der Waals surface area contributed by atoms with Gasteiger partial charge in [0.05, 0.1) is 5.03 Å². The van der Waals surface area contributed by atoms with Gasteiger partial charge in [-0.25, -0.2) is 4.39 Å². The van der Waals surface area contributed by atoms with Gasteiger partial charge in [0.2, 0.25) is 0 Å². The number of aromatic nitrogens is 1. The zero-order chi connectivity index (χ0) is 13.9. The third-order valence-corrected chi connectivity index (χ3v) is 4.16. The molecule has 3 N–H and O–H groups in total. The van der Waals surface area contributed by atoms with E-state index in [0.717, 1.165) is 27.4 Å². The topological polar surface area (TPSA) is 41.8 Å². The van der Waals surface area contributed by atoms with Crippen molar-refractivity contribution in [2.24, 2.45) is 5.73 Å². The molecule has 102 valence electrons. The molecule has 0 aliphatic carbocycles. The Morgan fingerprint density at radius 3 is 2.65 bits per heavy atom. The number of nitrogens with two attached hydrogens (primary N) is 1. The van der Waals surface area contributed by atoms with Gasteiger partial charge in [-0.05, 0) is 35.4 Å². The monoisotopic (exact) mass is 286 g/mol. The Balaban J connectivity index is 1.77. The Labute approximate surface area is 121 Å². The van der Waals surface area contributed by atoms with E-state index in [1.54, 1.807) is 17.8 Å². The molecule has 0 amide bonds. The van der Waals surface area contributed by atoms with Crippen LogP contribution in [0.2, 0.25) is 0 Å². The van der Waals surface area contributed by atoms with Crippen molar-refractivity contribution in [2.75, 3.05) is 0 Å². The van der Waals surface area contributed by atoms with Gasteiger partial charge in [-0.15, -0.1) is 11.8 Å². The molecule has 0 saturated heterocycles. The van der Waals surface area contributed by atoms with Crippen LogP contribution in [0.3, 0.4) is 0 Å². The summed E-state index contributed by atoms with van der Waals surface area (Å²) in [5.74, 6) is 0.498. The number of benzene rings is 2. The van der Waals surface area contributed by atoms with Gasteiger partial charge in [-0.3, -0.25) is 0 Å². The second-order valence-corrected chi connectivity index (χ2v) is 5.70. The molecule has 2 nitrogen and oxygen atoms in total. The summed E-state index contributed by atoms with van der Waals surface area (Å²) < 4.78 is 13.4. The van der Waals surface area contributed by atoms with Gasteiger partial charge >= 0.3 is 0 Å². The summed E-state index contributed by atoms with van der Waals surface area (Å²) in [6.45, 7) is 0.363. The molecule has 2 aromatic carbocycles.